The molecule has 0 unspecified atom stereocenters. The molecule has 0 radical (unpaired) electrons. The molecule has 2 atom stereocenters. The Labute approximate surface area is 166 Å². The summed E-state index contributed by atoms with van der Waals surface area (Å²) in [7, 11) is -2.07. The first-order valence-electron chi connectivity index (χ1n) is 9.51. The topological polar surface area (TPSA) is 94.2 Å². The third-order valence-corrected chi connectivity index (χ3v) is 5.88. The van der Waals surface area contributed by atoms with Crippen LogP contribution in [0.4, 0.5) is 4.79 Å². The molecule has 0 aromatic heterocycles. The number of sulfonamides is 1. The van der Waals surface area contributed by atoms with Gasteiger partial charge in [-0.15, -0.1) is 0 Å². The molecule has 1 N–H and O–H groups in total. The van der Waals surface area contributed by atoms with Gasteiger partial charge in [-0.1, -0.05) is 18.2 Å². The van der Waals surface area contributed by atoms with Crippen LogP contribution in [0.1, 0.15) is 25.7 Å². The quantitative estimate of drug-likeness (QED) is 0.733. The van der Waals surface area contributed by atoms with Crippen LogP contribution in [-0.4, -0.2) is 70.2 Å². The van der Waals surface area contributed by atoms with Gasteiger partial charge in [0, 0.05) is 25.4 Å². The number of ether oxygens (including phenoxy) is 3. The number of rotatable bonds is 7. The third kappa shape index (κ3) is 5.59. The molecule has 28 heavy (non-hydrogen) atoms. The summed E-state index contributed by atoms with van der Waals surface area (Å²) in [6, 6.07) is 8.86. The Balaban J connectivity index is 1.54. The van der Waals surface area contributed by atoms with Crippen molar-refractivity contribution in [1.82, 2.24) is 9.62 Å². The van der Waals surface area contributed by atoms with Crippen molar-refractivity contribution in [2.75, 3.05) is 26.5 Å². The van der Waals surface area contributed by atoms with E-state index in [2.05, 4.69) is 4.72 Å². The number of hydrogen-bond acceptors (Lipinski definition) is 6. The predicted molar refractivity (Wildman–Crippen MR) is 104 cm³/mol. The fraction of sp³-hybridized carbons (Fsp3) is 0.632. The zero-order valence-electron chi connectivity index (χ0n) is 16.2. The smallest absolute Gasteiger partial charge is 0.409 e. The fourth-order valence-electron chi connectivity index (χ4n) is 3.70. The van der Waals surface area contributed by atoms with Gasteiger partial charge in [-0.25, -0.2) is 17.9 Å². The van der Waals surface area contributed by atoms with Crippen LogP contribution in [0.15, 0.2) is 30.3 Å². The van der Waals surface area contributed by atoms with Gasteiger partial charge in [-0.3, -0.25) is 0 Å². The lowest BCUT2D eigenvalue weighted by molar-refractivity contribution is -0.0814. The fourth-order valence-corrected chi connectivity index (χ4v) is 4.52. The Morgan fingerprint density at radius 3 is 2.57 bits per heavy atom. The maximum absolute atomic E-state index is 12.1. The van der Waals surface area contributed by atoms with Crippen LogP contribution in [0.25, 0.3) is 0 Å². The second-order valence-corrected chi connectivity index (χ2v) is 9.13. The summed E-state index contributed by atoms with van der Waals surface area (Å²) in [5, 5.41) is 0. The number of benzene rings is 1. The van der Waals surface area contributed by atoms with Crippen LogP contribution in [0, 0.1) is 0 Å². The standard InChI is InChI=1S/C19H28N2O6S/c1-25-19(22)21-10-6-9-17(20-28(2,23)24)18(21)13-26-15-11-16(12-15)27-14-7-4-3-5-8-14/h3-5,7-8,15-18,20H,6,9-13H2,1-2H3/t15?,16?,17-,18-/m0/s1. The summed E-state index contributed by atoms with van der Waals surface area (Å²) in [6.07, 6.45) is 3.70. The summed E-state index contributed by atoms with van der Waals surface area (Å²) in [6.45, 7) is 0.776. The van der Waals surface area contributed by atoms with E-state index in [1.807, 2.05) is 30.3 Å². The first kappa shape index (κ1) is 20.9. The second-order valence-electron chi connectivity index (χ2n) is 7.35. The molecule has 0 spiro atoms. The molecule has 1 amide bonds. The van der Waals surface area contributed by atoms with E-state index >= 15 is 0 Å². The number of piperidine rings is 1. The van der Waals surface area contributed by atoms with Crippen molar-refractivity contribution >= 4 is 16.1 Å². The van der Waals surface area contributed by atoms with Crippen molar-refractivity contribution in [1.29, 1.82) is 0 Å². The highest BCUT2D eigenvalue weighted by atomic mass is 32.2. The third-order valence-electron chi connectivity index (χ3n) is 5.15. The molecule has 2 fully saturated rings. The first-order valence-corrected chi connectivity index (χ1v) is 11.4. The van der Waals surface area contributed by atoms with Gasteiger partial charge in [0.05, 0.1) is 32.1 Å². The molecule has 9 heteroatoms. The van der Waals surface area contributed by atoms with Crippen molar-refractivity contribution in [2.24, 2.45) is 0 Å². The lowest BCUT2D eigenvalue weighted by Crippen LogP contribution is -2.59. The highest BCUT2D eigenvalue weighted by Crippen LogP contribution is 2.29. The van der Waals surface area contributed by atoms with Crippen molar-refractivity contribution in [3.05, 3.63) is 30.3 Å². The number of amides is 1. The van der Waals surface area contributed by atoms with Gasteiger partial charge in [0.1, 0.15) is 11.9 Å². The normalized spacial score (nSPS) is 27.7. The van der Waals surface area contributed by atoms with E-state index in [0.717, 1.165) is 24.8 Å². The zero-order chi connectivity index (χ0) is 20.1. The van der Waals surface area contributed by atoms with E-state index in [-0.39, 0.29) is 24.9 Å². The van der Waals surface area contributed by atoms with Crippen LogP contribution < -0.4 is 9.46 Å². The largest absolute Gasteiger partial charge is 0.490 e. The van der Waals surface area contributed by atoms with Crippen LogP contribution >= 0.6 is 0 Å². The monoisotopic (exact) mass is 412 g/mol. The van der Waals surface area contributed by atoms with Crippen molar-refractivity contribution in [2.45, 2.75) is 50.0 Å². The summed E-state index contributed by atoms with van der Waals surface area (Å²) in [5.74, 6) is 0.840. The molecule has 156 valence electrons. The van der Waals surface area contributed by atoms with Gasteiger partial charge in [-0.05, 0) is 25.0 Å². The molecule has 1 saturated heterocycles. The van der Waals surface area contributed by atoms with Gasteiger partial charge in [0.15, 0.2) is 0 Å². The molecule has 1 saturated carbocycles. The van der Waals surface area contributed by atoms with Crippen molar-refractivity contribution in [3.63, 3.8) is 0 Å². The first-order chi connectivity index (χ1) is 13.4. The lowest BCUT2D eigenvalue weighted by Gasteiger charge is -2.42. The number of carbonyl (C=O) groups is 1. The van der Waals surface area contributed by atoms with E-state index in [4.69, 9.17) is 14.2 Å². The van der Waals surface area contributed by atoms with Crippen molar-refractivity contribution < 1.29 is 27.4 Å². The molecule has 1 aliphatic carbocycles. The predicted octanol–water partition coefficient (Wildman–Crippen LogP) is 1.76. The molecule has 1 aliphatic heterocycles. The summed E-state index contributed by atoms with van der Waals surface area (Å²) < 4.78 is 42.8. The molecule has 1 aromatic rings. The maximum atomic E-state index is 12.1. The zero-order valence-corrected chi connectivity index (χ0v) is 17.1. The van der Waals surface area contributed by atoms with Crippen LogP contribution in [0.5, 0.6) is 5.75 Å². The molecule has 1 heterocycles. The molecule has 3 rings (SSSR count). The van der Waals surface area contributed by atoms with Gasteiger partial charge in [0.25, 0.3) is 0 Å². The lowest BCUT2D eigenvalue weighted by atomic mass is 9.91. The van der Waals surface area contributed by atoms with Crippen LogP contribution in [0.2, 0.25) is 0 Å². The molecule has 2 aliphatic rings. The second kappa shape index (κ2) is 9.11. The van der Waals surface area contributed by atoms with Crippen LogP contribution in [-0.2, 0) is 19.5 Å². The van der Waals surface area contributed by atoms with E-state index in [0.29, 0.717) is 19.4 Å². The minimum atomic E-state index is -3.39. The minimum absolute atomic E-state index is 0.0361. The number of hydrogen-bond donors (Lipinski definition) is 1. The van der Waals surface area contributed by atoms with Gasteiger partial charge >= 0.3 is 6.09 Å². The number of likely N-dealkylation sites (tertiary alicyclic amines) is 1. The highest BCUT2D eigenvalue weighted by Gasteiger charge is 2.39. The maximum Gasteiger partial charge on any atom is 0.409 e. The minimum Gasteiger partial charge on any atom is -0.490 e. The Kier molecular flexibility index (Phi) is 6.79. The molecular weight excluding hydrogens is 384 g/mol. The number of para-hydroxylation sites is 1. The Bertz CT molecular complexity index is 751. The Morgan fingerprint density at radius 1 is 1.21 bits per heavy atom. The Morgan fingerprint density at radius 2 is 1.93 bits per heavy atom. The van der Waals surface area contributed by atoms with Gasteiger partial charge < -0.3 is 19.1 Å². The SMILES string of the molecule is COC(=O)N1CCC[C@H](NS(C)(=O)=O)[C@@H]1COC1CC(Oc2ccccc2)C1. The van der Waals surface area contributed by atoms with E-state index in [1.54, 1.807) is 4.90 Å². The molecule has 1 aromatic carbocycles. The number of methoxy groups -OCH3 is 1. The van der Waals surface area contributed by atoms with Gasteiger partial charge in [0.2, 0.25) is 10.0 Å². The summed E-state index contributed by atoms with van der Waals surface area (Å²) >= 11 is 0. The van der Waals surface area contributed by atoms with Crippen LogP contribution in [0.3, 0.4) is 0 Å². The van der Waals surface area contributed by atoms with E-state index in [1.165, 1.54) is 7.11 Å². The number of nitrogens with zero attached hydrogens (tertiary/aromatic N) is 1. The summed E-state index contributed by atoms with van der Waals surface area (Å²) in [5.41, 5.74) is 0. The summed E-state index contributed by atoms with van der Waals surface area (Å²) in [4.78, 5) is 13.7. The average molecular weight is 413 g/mol. The molecule has 0 bridgehead atoms. The molecule has 8 nitrogen and oxygen atoms in total. The van der Waals surface area contributed by atoms with Gasteiger partial charge in [-0.2, -0.15) is 0 Å². The Hall–Kier alpha value is -1.84. The number of carbonyl (C=O) groups excluding carboxylic acids is 1. The highest BCUT2D eigenvalue weighted by molar-refractivity contribution is 7.88. The van der Waals surface area contributed by atoms with E-state index < -0.39 is 22.2 Å². The van der Waals surface area contributed by atoms with Crippen molar-refractivity contribution in [3.8, 4) is 5.75 Å². The average Bonchev–Trinajstić information content (AvgIpc) is 2.63. The molecular formula is C19H28N2O6S. The van der Waals surface area contributed by atoms with E-state index in [9.17, 15) is 13.2 Å². The number of nitrogens with one attached hydrogen (secondary N) is 1.